The van der Waals surface area contributed by atoms with Gasteiger partial charge in [0.1, 0.15) is 17.1 Å². The molecule has 1 amide bonds. The second-order valence-corrected chi connectivity index (χ2v) is 7.85. The molecule has 3 aromatic heterocycles. The number of fused-ring (bicyclic) bond motifs is 1. The van der Waals surface area contributed by atoms with Gasteiger partial charge in [0.05, 0.1) is 11.3 Å². The third kappa shape index (κ3) is 4.14. The van der Waals surface area contributed by atoms with Crippen molar-refractivity contribution >= 4 is 50.8 Å². The van der Waals surface area contributed by atoms with E-state index in [0.717, 1.165) is 16.9 Å². The zero-order valence-electron chi connectivity index (χ0n) is 15.6. The molecule has 30 heavy (non-hydrogen) atoms. The number of ether oxygens (including phenoxy) is 1. The van der Waals surface area contributed by atoms with Crippen molar-refractivity contribution in [3.8, 4) is 0 Å². The van der Waals surface area contributed by atoms with Gasteiger partial charge in [0.25, 0.3) is 5.91 Å². The van der Waals surface area contributed by atoms with Crippen LogP contribution in [0.1, 0.15) is 31.4 Å². The molecule has 7 nitrogen and oxygen atoms in total. The number of thiophene rings is 1. The standard InChI is InChI=1S/C21H14ClNO6S/c1-11-7-16-13(9-14(11)22)12(8-19(24)29-16)10-28-21(26)17-4-5-18(30-17)23-20(25)15-3-2-6-27-15/h2-9H,10H2,1H3,(H,23,25). The fraction of sp³-hybridized carbons (Fsp3) is 0.0952. The molecule has 0 atom stereocenters. The van der Waals surface area contributed by atoms with Crippen molar-refractivity contribution < 1.29 is 23.2 Å². The predicted octanol–water partition coefficient (Wildman–Crippen LogP) is 5.02. The number of rotatable bonds is 5. The quantitative estimate of drug-likeness (QED) is 0.343. The summed E-state index contributed by atoms with van der Waals surface area (Å²) in [6, 6.07) is 10.9. The molecule has 4 aromatic rings. The summed E-state index contributed by atoms with van der Waals surface area (Å²) in [4.78, 5) is 36.6. The SMILES string of the molecule is Cc1cc2oc(=O)cc(COC(=O)c3ccc(NC(=O)c4ccco4)s3)c2cc1Cl. The number of aryl methyl sites for hydroxylation is 1. The Balaban J connectivity index is 1.48. The minimum atomic E-state index is -0.585. The molecular weight excluding hydrogens is 430 g/mol. The first-order chi connectivity index (χ1) is 14.4. The van der Waals surface area contributed by atoms with Crippen molar-refractivity contribution in [1.29, 1.82) is 0 Å². The van der Waals surface area contributed by atoms with Gasteiger partial charge in [0, 0.05) is 22.0 Å². The third-order valence-electron chi connectivity index (χ3n) is 4.26. The second-order valence-electron chi connectivity index (χ2n) is 6.36. The van der Waals surface area contributed by atoms with Crippen LogP contribution in [0.2, 0.25) is 5.02 Å². The van der Waals surface area contributed by atoms with Crippen molar-refractivity contribution in [3.05, 3.63) is 85.9 Å². The highest BCUT2D eigenvalue weighted by Gasteiger charge is 2.16. The molecule has 0 aliphatic heterocycles. The minimum absolute atomic E-state index is 0.133. The summed E-state index contributed by atoms with van der Waals surface area (Å²) in [5, 5.41) is 4.22. The molecule has 0 bridgehead atoms. The maximum absolute atomic E-state index is 12.4. The van der Waals surface area contributed by atoms with E-state index in [4.69, 9.17) is 25.2 Å². The van der Waals surface area contributed by atoms with Gasteiger partial charge in [-0.3, -0.25) is 4.79 Å². The van der Waals surface area contributed by atoms with E-state index in [1.807, 2.05) is 0 Å². The lowest BCUT2D eigenvalue weighted by molar-refractivity contribution is 0.0479. The number of halogens is 1. The average Bonchev–Trinajstić information content (AvgIpc) is 3.39. The number of carbonyl (C=O) groups is 2. The Labute approximate surface area is 178 Å². The van der Waals surface area contributed by atoms with Gasteiger partial charge in [-0.1, -0.05) is 11.6 Å². The summed E-state index contributed by atoms with van der Waals surface area (Å²) in [5.74, 6) is -0.842. The van der Waals surface area contributed by atoms with Crippen LogP contribution in [0, 0.1) is 6.92 Å². The molecule has 0 saturated heterocycles. The van der Waals surface area contributed by atoms with Gasteiger partial charge in [0.15, 0.2) is 5.76 Å². The van der Waals surface area contributed by atoms with E-state index in [0.29, 0.717) is 31.4 Å². The number of furan rings is 1. The van der Waals surface area contributed by atoms with E-state index >= 15 is 0 Å². The van der Waals surface area contributed by atoms with Gasteiger partial charge in [-0.05, 0) is 48.9 Å². The minimum Gasteiger partial charge on any atom is -0.459 e. The molecule has 1 aromatic carbocycles. The smallest absolute Gasteiger partial charge is 0.348 e. The highest BCUT2D eigenvalue weighted by atomic mass is 35.5. The van der Waals surface area contributed by atoms with Crippen LogP contribution in [-0.4, -0.2) is 11.9 Å². The van der Waals surface area contributed by atoms with Gasteiger partial charge in [-0.15, -0.1) is 11.3 Å². The van der Waals surface area contributed by atoms with Crippen LogP contribution >= 0.6 is 22.9 Å². The molecule has 0 unspecified atom stereocenters. The number of carbonyl (C=O) groups excluding carboxylic acids is 2. The van der Waals surface area contributed by atoms with Crippen LogP contribution in [0.25, 0.3) is 11.0 Å². The number of amides is 1. The lowest BCUT2D eigenvalue weighted by Gasteiger charge is -2.08. The maximum atomic E-state index is 12.4. The first-order valence-corrected chi connectivity index (χ1v) is 9.95. The van der Waals surface area contributed by atoms with Crippen LogP contribution in [0.15, 0.2) is 62.4 Å². The van der Waals surface area contributed by atoms with Crippen LogP contribution in [0.4, 0.5) is 5.00 Å². The Morgan fingerprint density at radius 3 is 2.80 bits per heavy atom. The van der Waals surface area contributed by atoms with Crippen molar-refractivity contribution in [1.82, 2.24) is 0 Å². The monoisotopic (exact) mass is 443 g/mol. The Morgan fingerprint density at radius 2 is 2.03 bits per heavy atom. The fourth-order valence-electron chi connectivity index (χ4n) is 2.78. The largest absolute Gasteiger partial charge is 0.459 e. The Hall–Kier alpha value is -3.36. The number of nitrogens with one attached hydrogen (secondary N) is 1. The molecule has 152 valence electrons. The molecule has 0 saturated carbocycles. The Morgan fingerprint density at radius 1 is 1.20 bits per heavy atom. The van der Waals surface area contributed by atoms with E-state index in [9.17, 15) is 14.4 Å². The highest BCUT2D eigenvalue weighted by molar-refractivity contribution is 7.18. The number of benzene rings is 1. The molecule has 1 N–H and O–H groups in total. The number of esters is 1. The van der Waals surface area contributed by atoms with Gasteiger partial charge in [0.2, 0.25) is 0 Å². The van der Waals surface area contributed by atoms with Gasteiger partial charge >= 0.3 is 11.6 Å². The first kappa shape index (κ1) is 19.9. The molecular formula is C21H14ClNO6S. The van der Waals surface area contributed by atoms with E-state index in [1.165, 1.54) is 18.4 Å². The molecule has 9 heteroatoms. The molecule has 0 aliphatic rings. The molecule has 0 fully saturated rings. The zero-order chi connectivity index (χ0) is 21.3. The van der Waals surface area contributed by atoms with E-state index in [2.05, 4.69) is 5.32 Å². The summed E-state index contributed by atoms with van der Waals surface area (Å²) in [5.41, 5.74) is 1.08. The van der Waals surface area contributed by atoms with E-state index < -0.39 is 17.5 Å². The Bertz CT molecular complexity index is 1310. The van der Waals surface area contributed by atoms with Crippen molar-refractivity contribution in [2.24, 2.45) is 0 Å². The highest BCUT2D eigenvalue weighted by Crippen LogP contribution is 2.27. The number of anilines is 1. The van der Waals surface area contributed by atoms with Crippen LogP contribution in [-0.2, 0) is 11.3 Å². The van der Waals surface area contributed by atoms with E-state index in [-0.39, 0.29) is 12.4 Å². The van der Waals surface area contributed by atoms with Gasteiger partial charge in [-0.25, -0.2) is 9.59 Å². The van der Waals surface area contributed by atoms with E-state index in [1.54, 1.807) is 37.3 Å². The third-order valence-corrected chi connectivity index (χ3v) is 5.64. The summed E-state index contributed by atoms with van der Waals surface area (Å²) in [6.07, 6.45) is 1.40. The Kier molecular flexibility index (Phi) is 5.43. The fourth-order valence-corrected chi connectivity index (χ4v) is 3.74. The van der Waals surface area contributed by atoms with Crippen LogP contribution in [0.5, 0.6) is 0 Å². The summed E-state index contributed by atoms with van der Waals surface area (Å²) >= 11 is 7.24. The first-order valence-electron chi connectivity index (χ1n) is 8.75. The van der Waals surface area contributed by atoms with Gasteiger partial charge < -0.3 is 18.9 Å². The molecule has 0 spiro atoms. The second kappa shape index (κ2) is 8.17. The lowest BCUT2D eigenvalue weighted by Crippen LogP contribution is -2.09. The van der Waals surface area contributed by atoms with Gasteiger partial charge in [-0.2, -0.15) is 0 Å². The molecule has 4 rings (SSSR count). The molecule has 0 aliphatic carbocycles. The summed E-state index contributed by atoms with van der Waals surface area (Å²) in [7, 11) is 0. The topological polar surface area (TPSA) is 98.7 Å². The van der Waals surface area contributed by atoms with Crippen molar-refractivity contribution in [2.45, 2.75) is 13.5 Å². The van der Waals surface area contributed by atoms with Crippen molar-refractivity contribution in [2.75, 3.05) is 5.32 Å². The summed E-state index contributed by atoms with van der Waals surface area (Å²) < 4.78 is 15.6. The van der Waals surface area contributed by atoms with Crippen molar-refractivity contribution in [3.63, 3.8) is 0 Å². The summed E-state index contributed by atoms with van der Waals surface area (Å²) in [6.45, 7) is 1.67. The zero-order valence-corrected chi connectivity index (χ0v) is 17.1. The van der Waals surface area contributed by atoms with Crippen LogP contribution in [0.3, 0.4) is 0 Å². The lowest BCUT2D eigenvalue weighted by atomic mass is 10.1. The average molecular weight is 444 g/mol. The number of hydrogen-bond acceptors (Lipinski definition) is 7. The normalized spacial score (nSPS) is 10.9. The number of hydrogen-bond donors (Lipinski definition) is 1. The molecule has 3 heterocycles. The maximum Gasteiger partial charge on any atom is 0.348 e. The predicted molar refractivity (Wildman–Crippen MR) is 112 cm³/mol. The van der Waals surface area contributed by atoms with Crippen LogP contribution < -0.4 is 10.9 Å². The molecule has 0 radical (unpaired) electrons.